The Morgan fingerprint density at radius 1 is 1.73 bits per heavy atom. The van der Waals surface area contributed by atoms with Gasteiger partial charge in [0.25, 0.3) is 0 Å². The molecule has 0 aromatic carbocycles. The van der Waals surface area contributed by atoms with Crippen LogP contribution in [-0.4, -0.2) is 23.2 Å². The van der Waals surface area contributed by atoms with Gasteiger partial charge in [-0.2, -0.15) is 0 Å². The molecule has 1 atom stereocenters. The quantitative estimate of drug-likeness (QED) is 0.584. The molecule has 3 nitrogen and oxygen atoms in total. The molecule has 62 valence electrons. The first-order valence-corrected chi connectivity index (χ1v) is 4.07. The van der Waals surface area contributed by atoms with E-state index in [1.165, 1.54) is 6.92 Å². The predicted molar refractivity (Wildman–Crippen MR) is 39.8 cm³/mol. The second-order valence-electron chi connectivity index (χ2n) is 3.79. The molecule has 2 bridgehead atoms. The minimum Gasteiger partial charge on any atom is -0.396 e. The maximum Gasteiger partial charge on any atom is 0.217 e. The molecule has 11 heavy (non-hydrogen) atoms. The third-order valence-electron chi connectivity index (χ3n) is 3.15. The molecule has 1 amide bonds. The van der Waals surface area contributed by atoms with Crippen molar-refractivity contribution in [2.45, 2.75) is 25.3 Å². The molecule has 3 fully saturated rings. The molecule has 0 spiro atoms. The molecule has 1 unspecified atom stereocenters. The summed E-state index contributed by atoms with van der Waals surface area (Å²) in [4.78, 5) is 10.7. The molecule has 0 aromatic heterocycles. The Morgan fingerprint density at radius 3 is 2.64 bits per heavy atom. The number of carbonyl (C=O) groups excluding carboxylic acids is 1. The molecule has 3 heteroatoms. The number of aliphatic hydroxyl groups excluding tert-OH is 1. The van der Waals surface area contributed by atoms with Crippen molar-refractivity contribution in [1.29, 1.82) is 0 Å². The van der Waals surface area contributed by atoms with Crippen LogP contribution in [0.5, 0.6) is 0 Å². The van der Waals surface area contributed by atoms with Crippen molar-refractivity contribution in [1.82, 2.24) is 5.32 Å². The van der Waals surface area contributed by atoms with Gasteiger partial charge in [-0.1, -0.05) is 0 Å². The Morgan fingerprint density at radius 2 is 2.36 bits per heavy atom. The standard InChI is InChI=1S/C8H13NO2/c1-5(11)9-8-2-6(3-8)7(8)4-10/h6-7,10H,2-4H2,1H3,(H,9,11). The smallest absolute Gasteiger partial charge is 0.217 e. The van der Waals surface area contributed by atoms with E-state index in [1.807, 2.05) is 0 Å². The lowest BCUT2D eigenvalue weighted by Gasteiger charge is -2.67. The highest BCUT2D eigenvalue weighted by Gasteiger charge is 2.65. The van der Waals surface area contributed by atoms with E-state index in [0.717, 1.165) is 12.8 Å². The third-order valence-corrected chi connectivity index (χ3v) is 3.15. The second kappa shape index (κ2) is 1.97. The summed E-state index contributed by atoms with van der Waals surface area (Å²) in [6.45, 7) is 1.76. The van der Waals surface area contributed by atoms with Crippen molar-refractivity contribution in [3.8, 4) is 0 Å². The maximum atomic E-state index is 10.7. The minimum atomic E-state index is 0.00521. The van der Waals surface area contributed by atoms with Crippen LogP contribution in [-0.2, 0) is 4.79 Å². The molecule has 3 saturated carbocycles. The number of carbonyl (C=O) groups is 1. The Bertz CT molecular complexity index is 196. The molecule has 3 aliphatic rings. The molecular formula is C8H13NO2. The summed E-state index contributed by atoms with van der Waals surface area (Å²) in [6, 6.07) is 0. The zero-order chi connectivity index (χ0) is 8.06. The molecule has 0 saturated heterocycles. The second-order valence-corrected chi connectivity index (χ2v) is 3.79. The van der Waals surface area contributed by atoms with Crippen molar-refractivity contribution >= 4 is 5.91 Å². The van der Waals surface area contributed by atoms with Crippen molar-refractivity contribution in [3.63, 3.8) is 0 Å². The van der Waals surface area contributed by atoms with Crippen LogP contribution >= 0.6 is 0 Å². The number of rotatable bonds is 2. The van der Waals surface area contributed by atoms with Gasteiger partial charge in [-0.05, 0) is 18.8 Å². The number of hydrogen-bond donors (Lipinski definition) is 2. The van der Waals surface area contributed by atoms with Gasteiger partial charge in [-0.25, -0.2) is 0 Å². The van der Waals surface area contributed by atoms with E-state index in [9.17, 15) is 4.79 Å². The summed E-state index contributed by atoms with van der Waals surface area (Å²) < 4.78 is 0. The Labute approximate surface area is 65.8 Å². The summed E-state index contributed by atoms with van der Waals surface area (Å²) in [5.74, 6) is 1.07. The van der Waals surface area contributed by atoms with Crippen LogP contribution < -0.4 is 5.32 Å². The summed E-state index contributed by atoms with van der Waals surface area (Å²) >= 11 is 0. The van der Waals surface area contributed by atoms with Crippen LogP contribution in [0.4, 0.5) is 0 Å². The van der Waals surface area contributed by atoms with Gasteiger partial charge in [0.2, 0.25) is 5.91 Å². The van der Waals surface area contributed by atoms with Gasteiger partial charge in [-0.3, -0.25) is 4.79 Å². The average molecular weight is 155 g/mol. The number of hydrogen-bond acceptors (Lipinski definition) is 2. The summed E-state index contributed by atoms with van der Waals surface area (Å²) in [5, 5.41) is 11.8. The van der Waals surface area contributed by atoms with E-state index in [2.05, 4.69) is 5.32 Å². The highest BCUT2D eigenvalue weighted by Crippen LogP contribution is 2.61. The van der Waals surface area contributed by atoms with Crippen LogP contribution in [0.25, 0.3) is 0 Å². The largest absolute Gasteiger partial charge is 0.396 e. The number of amides is 1. The van der Waals surface area contributed by atoms with E-state index in [0.29, 0.717) is 11.8 Å². The Balaban J connectivity index is 1.97. The average Bonchev–Trinajstić information content (AvgIpc) is 1.79. The van der Waals surface area contributed by atoms with Crippen molar-refractivity contribution in [2.75, 3.05) is 6.61 Å². The SMILES string of the molecule is CC(=O)NC12CC(C1)C2CO. The van der Waals surface area contributed by atoms with Gasteiger partial charge in [0, 0.05) is 25.0 Å². The third kappa shape index (κ3) is 0.745. The highest BCUT2D eigenvalue weighted by atomic mass is 16.3. The molecule has 2 N–H and O–H groups in total. The van der Waals surface area contributed by atoms with Gasteiger partial charge in [0.05, 0.1) is 0 Å². The number of aliphatic hydroxyl groups is 1. The van der Waals surface area contributed by atoms with Crippen LogP contribution in [0, 0.1) is 11.8 Å². The van der Waals surface area contributed by atoms with E-state index in [1.54, 1.807) is 0 Å². The summed E-state index contributed by atoms with van der Waals surface area (Å²) in [6.07, 6.45) is 2.16. The first-order chi connectivity index (χ1) is 5.18. The minimum absolute atomic E-state index is 0.00521. The monoisotopic (exact) mass is 155 g/mol. The summed E-state index contributed by atoms with van der Waals surface area (Å²) in [5.41, 5.74) is 0.00521. The zero-order valence-corrected chi connectivity index (χ0v) is 6.63. The molecule has 3 aliphatic carbocycles. The van der Waals surface area contributed by atoms with Gasteiger partial charge < -0.3 is 10.4 Å². The molecule has 0 aromatic rings. The first kappa shape index (κ1) is 7.10. The fraction of sp³-hybridized carbons (Fsp3) is 0.875. The fourth-order valence-electron chi connectivity index (χ4n) is 2.46. The highest BCUT2D eigenvalue weighted by molar-refractivity contribution is 5.74. The first-order valence-electron chi connectivity index (χ1n) is 4.07. The Kier molecular flexibility index (Phi) is 1.27. The molecular weight excluding hydrogens is 142 g/mol. The lowest BCUT2D eigenvalue weighted by atomic mass is 9.42. The van der Waals surface area contributed by atoms with Crippen LogP contribution in [0.3, 0.4) is 0 Å². The lowest BCUT2D eigenvalue weighted by molar-refractivity contribution is -0.165. The molecule has 0 heterocycles. The van der Waals surface area contributed by atoms with Gasteiger partial charge in [-0.15, -0.1) is 0 Å². The number of nitrogens with one attached hydrogen (secondary N) is 1. The van der Waals surface area contributed by atoms with E-state index in [4.69, 9.17) is 5.11 Å². The van der Waals surface area contributed by atoms with Crippen molar-refractivity contribution in [3.05, 3.63) is 0 Å². The van der Waals surface area contributed by atoms with E-state index in [-0.39, 0.29) is 18.1 Å². The van der Waals surface area contributed by atoms with E-state index >= 15 is 0 Å². The van der Waals surface area contributed by atoms with Crippen molar-refractivity contribution in [2.24, 2.45) is 11.8 Å². The normalized spacial score (nSPS) is 45.6. The van der Waals surface area contributed by atoms with Gasteiger partial charge in [0.15, 0.2) is 0 Å². The molecule has 0 aliphatic heterocycles. The topological polar surface area (TPSA) is 49.3 Å². The summed E-state index contributed by atoms with van der Waals surface area (Å²) in [7, 11) is 0. The van der Waals surface area contributed by atoms with Crippen LogP contribution in [0.2, 0.25) is 0 Å². The fourth-order valence-corrected chi connectivity index (χ4v) is 2.46. The van der Waals surface area contributed by atoms with Gasteiger partial charge in [0.1, 0.15) is 0 Å². The lowest BCUT2D eigenvalue weighted by Crippen LogP contribution is -2.76. The van der Waals surface area contributed by atoms with Crippen molar-refractivity contribution < 1.29 is 9.90 Å². The van der Waals surface area contributed by atoms with E-state index < -0.39 is 0 Å². The molecule has 0 radical (unpaired) electrons. The van der Waals surface area contributed by atoms with Crippen LogP contribution in [0.1, 0.15) is 19.8 Å². The van der Waals surface area contributed by atoms with Crippen LogP contribution in [0.15, 0.2) is 0 Å². The molecule has 3 rings (SSSR count). The zero-order valence-electron chi connectivity index (χ0n) is 6.63. The Hall–Kier alpha value is -0.570. The van der Waals surface area contributed by atoms with Gasteiger partial charge >= 0.3 is 0 Å². The maximum absolute atomic E-state index is 10.7. The predicted octanol–water partition coefficient (Wildman–Crippen LogP) is -0.107.